The normalized spacial score (nSPS) is 16.6. The SMILES string of the molecule is O=C(c1ccc(=O)[nH]c1)N1CCCC1c1nc2ccccc2c(=O)n1CCO. The van der Waals surface area contributed by atoms with E-state index in [2.05, 4.69) is 9.97 Å². The summed E-state index contributed by atoms with van der Waals surface area (Å²) in [6.45, 7) is 0.446. The zero-order valence-corrected chi connectivity index (χ0v) is 15.2. The van der Waals surface area contributed by atoms with Crippen LogP contribution >= 0.6 is 0 Å². The molecule has 0 aliphatic carbocycles. The van der Waals surface area contributed by atoms with E-state index in [0.717, 1.165) is 6.42 Å². The fourth-order valence-electron chi connectivity index (χ4n) is 3.74. The van der Waals surface area contributed by atoms with Crippen LogP contribution in [-0.2, 0) is 6.54 Å². The molecule has 8 heteroatoms. The third-order valence-corrected chi connectivity index (χ3v) is 5.06. The number of aliphatic hydroxyl groups excluding tert-OH is 1. The van der Waals surface area contributed by atoms with Crippen LogP contribution in [0.25, 0.3) is 10.9 Å². The quantitative estimate of drug-likeness (QED) is 0.703. The van der Waals surface area contributed by atoms with Gasteiger partial charge in [-0.25, -0.2) is 4.98 Å². The van der Waals surface area contributed by atoms with Crippen molar-refractivity contribution in [1.82, 2.24) is 19.4 Å². The van der Waals surface area contributed by atoms with Crippen molar-refractivity contribution in [1.29, 1.82) is 0 Å². The number of amides is 1. The molecule has 0 saturated carbocycles. The Balaban J connectivity index is 1.80. The molecule has 144 valence electrons. The highest BCUT2D eigenvalue weighted by Crippen LogP contribution is 2.32. The summed E-state index contributed by atoms with van der Waals surface area (Å²) < 4.78 is 1.46. The molecule has 0 radical (unpaired) electrons. The second kappa shape index (κ2) is 7.40. The third kappa shape index (κ3) is 3.11. The van der Waals surface area contributed by atoms with Crippen LogP contribution in [0.2, 0.25) is 0 Å². The first kappa shape index (κ1) is 18.1. The number of aromatic amines is 1. The van der Waals surface area contributed by atoms with E-state index in [4.69, 9.17) is 0 Å². The van der Waals surface area contributed by atoms with Gasteiger partial charge in [-0.1, -0.05) is 12.1 Å². The van der Waals surface area contributed by atoms with E-state index in [1.54, 1.807) is 23.1 Å². The number of hydrogen-bond acceptors (Lipinski definition) is 5. The summed E-state index contributed by atoms with van der Waals surface area (Å²) in [4.78, 5) is 46.1. The Bertz CT molecular complexity index is 1130. The minimum absolute atomic E-state index is 0.114. The molecule has 2 N–H and O–H groups in total. The number of carbonyl (C=O) groups excluding carboxylic acids is 1. The second-order valence-corrected chi connectivity index (χ2v) is 6.77. The molecule has 1 amide bonds. The van der Waals surface area contributed by atoms with Crippen molar-refractivity contribution in [3.8, 4) is 0 Å². The number of carbonyl (C=O) groups is 1. The lowest BCUT2D eigenvalue weighted by atomic mass is 10.1. The van der Waals surface area contributed by atoms with Crippen molar-refractivity contribution in [3.05, 3.63) is 74.7 Å². The van der Waals surface area contributed by atoms with Crippen molar-refractivity contribution < 1.29 is 9.90 Å². The average Bonchev–Trinajstić information content (AvgIpc) is 3.20. The molecule has 4 rings (SSSR count). The van der Waals surface area contributed by atoms with E-state index in [-0.39, 0.29) is 36.2 Å². The minimum Gasteiger partial charge on any atom is -0.395 e. The van der Waals surface area contributed by atoms with Crippen molar-refractivity contribution in [2.24, 2.45) is 0 Å². The Hall–Kier alpha value is -3.26. The number of nitrogens with one attached hydrogen (secondary N) is 1. The number of rotatable bonds is 4. The monoisotopic (exact) mass is 380 g/mol. The first-order chi connectivity index (χ1) is 13.6. The van der Waals surface area contributed by atoms with Crippen LogP contribution in [0.5, 0.6) is 0 Å². The maximum absolute atomic E-state index is 13.0. The molecule has 1 aliphatic heterocycles. The topological polar surface area (TPSA) is 108 Å². The Morgan fingerprint density at radius 3 is 2.79 bits per heavy atom. The number of H-pyrrole nitrogens is 1. The van der Waals surface area contributed by atoms with Gasteiger partial charge in [0.15, 0.2) is 0 Å². The van der Waals surface area contributed by atoms with Gasteiger partial charge in [0.25, 0.3) is 11.5 Å². The van der Waals surface area contributed by atoms with Gasteiger partial charge >= 0.3 is 0 Å². The van der Waals surface area contributed by atoms with Gasteiger partial charge in [0.2, 0.25) is 5.56 Å². The van der Waals surface area contributed by atoms with E-state index in [0.29, 0.717) is 35.3 Å². The highest BCUT2D eigenvalue weighted by molar-refractivity contribution is 5.94. The largest absolute Gasteiger partial charge is 0.395 e. The highest BCUT2D eigenvalue weighted by Gasteiger charge is 2.34. The van der Waals surface area contributed by atoms with Crippen molar-refractivity contribution in [2.75, 3.05) is 13.2 Å². The number of hydrogen-bond donors (Lipinski definition) is 2. The van der Waals surface area contributed by atoms with Crippen molar-refractivity contribution in [2.45, 2.75) is 25.4 Å². The Kier molecular flexibility index (Phi) is 4.79. The molecule has 1 atom stereocenters. The van der Waals surface area contributed by atoms with Crippen LogP contribution in [0.15, 0.2) is 52.2 Å². The molecule has 1 unspecified atom stereocenters. The van der Waals surface area contributed by atoms with Crippen LogP contribution in [0.3, 0.4) is 0 Å². The number of fused-ring (bicyclic) bond motifs is 1. The maximum Gasteiger partial charge on any atom is 0.261 e. The zero-order chi connectivity index (χ0) is 19.7. The first-order valence-corrected chi connectivity index (χ1v) is 9.20. The molecule has 28 heavy (non-hydrogen) atoms. The summed E-state index contributed by atoms with van der Waals surface area (Å²) in [6, 6.07) is 9.50. The van der Waals surface area contributed by atoms with Crippen molar-refractivity contribution in [3.63, 3.8) is 0 Å². The van der Waals surface area contributed by atoms with Gasteiger partial charge < -0.3 is 15.0 Å². The maximum atomic E-state index is 13.0. The molecule has 8 nitrogen and oxygen atoms in total. The number of aromatic nitrogens is 3. The molecule has 1 saturated heterocycles. The molecular formula is C20H20N4O4. The molecule has 3 heterocycles. The van der Waals surface area contributed by atoms with Gasteiger partial charge in [-0.2, -0.15) is 0 Å². The smallest absolute Gasteiger partial charge is 0.261 e. The van der Waals surface area contributed by atoms with E-state index in [9.17, 15) is 19.5 Å². The fraction of sp³-hybridized carbons (Fsp3) is 0.300. The van der Waals surface area contributed by atoms with Crippen LogP contribution in [0, 0.1) is 0 Å². The van der Waals surface area contributed by atoms with E-state index in [1.807, 2.05) is 6.07 Å². The van der Waals surface area contributed by atoms with Gasteiger partial charge in [0, 0.05) is 18.8 Å². The predicted molar refractivity (Wildman–Crippen MR) is 103 cm³/mol. The van der Waals surface area contributed by atoms with Crippen LogP contribution < -0.4 is 11.1 Å². The molecule has 2 aromatic heterocycles. The number of para-hydroxylation sites is 1. The average molecular weight is 380 g/mol. The zero-order valence-electron chi connectivity index (χ0n) is 15.2. The summed E-state index contributed by atoms with van der Waals surface area (Å²) in [5, 5.41) is 9.94. The lowest BCUT2D eigenvalue weighted by molar-refractivity contribution is 0.0725. The summed E-state index contributed by atoms with van der Waals surface area (Å²) in [7, 11) is 0. The Labute approximate surface area is 160 Å². The minimum atomic E-state index is -0.372. The summed E-state index contributed by atoms with van der Waals surface area (Å²) in [5.41, 5.74) is 0.448. The second-order valence-electron chi connectivity index (χ2n) is 6.77. The lowest BCUT2D eigenvalue weighted by Crippen LogP contribution is -2.36. The number of benzene rings is 1. The Morgan fingerprint density at radius 1 is 1.21 bits per heavy atom. The van der Waals surface area contributed by atoms with Crippen LogP contribution in [-0.4, -0.2) is 43.6 Å². The summed E-state index contributed by atoms with van der Waals surface area (Å²) in [5.74, 6) is 0.254. The summed E-state index contributed by atoms with van der Waals surface area (Å²) in [6.07, 6.45) is 2.85. The molecule has 1 aliphatic rings. The Morgan fingerprint density at radius 2 is 2.04 bits per heavy atom. The van der Waals surface area contributed by atoms with Crippen LogP contribution in [0.4, 0.5) is 0 Å². The molecule has 1 aromatic carbocycles. The fourth-order valence-corrected chi connectivity index (χ4v) is 3.74. The predicted octanol–water partition coefficient (Wildman–Crippen LogP) is 1.05. The standard InChI is InChI=1S/C20H20N4O4/c25-11-10-24-18(22-15-5-2-1-4-14(15)20(24)28)16-6-3-9-23(16)19(27)13-7-8-17(26)21-12-13/h1-2,4-5,7-8,12,16,25H,3,6,9-11H2,(H,21,26). The number of pyridine rings is 1. The highest BCUT2D eigenvalue weighted by atomic mass is 16.3. The van der Waals surface area contributed by atoms with E-state index in [1.165, 1.54) is 22.9 Å². The first-order valence-electron chi connectivity index (χ1n) is 9.20. The van der Waals surface area contributed by atoms with Gasteiger partial charge in [0.1, 0.15) is 5.82 Å². The van der Waals surface area contributed by atoms with Gasteiger partial charge in [-0.3, -0.25) is 19.0 Å². The molecule has 1 fully saturated rings. The lowest BCUT2D eigenvalue weighted by Gasteiger charge is -2.26. The van der Waals surface area contributed by atoms with Crippen molar-refractivity contribution >= 4 is 16.8 Å². The van der Waals surface area contributed by atoms with Crippen LogP contribution in [0.1, 0.15) is 35.1 Å². The van der Waals surface area contributed by atoms with Gasteiger partial charge in [-0.15, -0.1) is 0 Å². The number of nitrogens with zero attached hydrogens (tertiary/aromatic N) is 3. The van der Waals surface area contributed by atoms with E-state index < -0.39 is 0 Å². The number of likely N-dealkylation sites (tertiary alicyclic amines) is 1. The number of aliphatic hydroxyl groups is 1. The third-order valence-electron chi connectivity index (χ3n) is 5.06. The molecule has 0 spiro atoms. The molecule has 0 bridgehead atoms. The van der Waals surface area contributed by atoms with Gasteiger partial charge in [0.05, 0.1) is 35.7 Å². The van der Waals surface area contributed by atoms with Gasteiger partial charge in [-0.05, 0) is 31.0 Å². The van der Waals surface area contributed by atoms with E-state index >= 15 is 0 Å². The summed E-state index contributed by atoms with van der Waals surface area (Å²) >= 11 is 0. The molecule has 3 aromatic rings. The molecular weight excluding hydrogens is 360 g/mol.